The summed E-state index contributed by atoms with van der Waals surface area (Å²) in [6, 6.07) is 0. The molecule has 3 aliphatic carbocycles. The molecule has 3 nitrogen and oxygen atoms in total. The van der Waals surface area contributed by atoms with Crippen molar-refractivity contribution in [2.75, 3.05) is 0 Å². The zero-order valence-corrected chi connectivity index (χ0v) is 17.9. The van der Waals surface area contributed by atoms with E-state index in [-0.39, 0.29) is 23.7 Å². The van der Waals surface area contributed by atoms with Gasteiger partial charge in [0.25, 0.3) is 0 Å². The molecule has 0 aliphatic heterocycles. The van der Waals surface area contributed by atoms with E-state index in [4.69, 9.17) is 0 Å². The summed E-state index contributed by atoms with van der Waals surface area (Å²) in [5, 5.41) is 30.5. The van der Waals surface area contributed by atoms with E-state index in [1.54, 1.807) is 0 Å². The summed E-state index contributed by atoms with van der Waals surface area (Å²) < 4.78 is 0. The molecule has 3 rings (SSSR count). The molecule has 0 aromatic rings. The van der Waals surface area contributed by atoms with Gasteiger partial charge in [-0.15, -0.1) is 0 Å². The maximum absolute atomic E-state index is 10.8. The Labute approximate surface area is 166 Å². The van der Waals surface area contributed by atoms with Crippen LogP contribution in [0.1, 0.15) is 97.8 Å². The van der Waals surface area contributed by atoms with E-state index >= 15 is 0 Å². The van der Waals surface area contributed by atoms with Crippen LogP contribution in [-0.4, -0.2) is 33.6 Å². The SMILES string of the molecule is CC(CC1CCC(O)C(C(C)(C)C2CCC(O)CC2)C1)C1CCC(O)CC1. The van der Waals surface area contributed by atoms with E-state index in [2.05, 4.69) is 20.8 Å². The highest BCUT2D eigenvalue weighted by atomic mass is 16.3. The van der Waals surface area contributed by atoms with Gasteiger partial charge in [-0.3, -0.25) is 0 Å². The van der Waals surface area contributed by atoms with Gasteiger partial charge in [-0.25, -0.2) is 0 Å². The average molecular weight is 381 g/mol. The van der Waals surface area contributed by atoms with E-state index in [9.17, 15) is 15.3 Å². The zero-order valence-electron chi connectivity index (χ0n) is 17.9. The Bertz CT molecular complexity index is 447. The molecule has 158 valence electrons. The molecular weight excluding hydrogens is 336 g/mol. The van der Waals surface area contributed by atoms with Crippen LogP contribution in [0.2, 0.25) is 0 Å². The van der Waals surface area contributed by atoms with Crippen molar-refractivity contribution in [1.29, 1.82) is 0 Å². The molecule has 3 aliphatic rings. The molecule has 3 fully saturated rings. The molecular formula is C24H44O3. The third-order valence-electron chi connectivity index (χ3n) is 8.88. The fourth-order valence-electron chi connectivity index (χ4n) is 6.77. The maximum Gasteiger partial charge on any atom is 0.0573 e. The summed E-state index contributed by atoms with van der Waals surface area (Å²) in [5.41, 5.74) is 0.163. The topological polar surface area (TPSA) is 60.7 Å². The van der Waals surface area contributed by atoms with Gasteiger partial charge >= 0.3 is 0 Å². The molecule has 0 spiro atoms. The normalized spacial score (nSPS) is 42.7. The van der Waals surface area contributed by atoms with Crippen molar-refractivity contribution in [1.82, 2.24) is 0 Å². The molecule has 0 heterocycles. The van der Waals surface area contributed by atoms with Gasteiger partial charge in [0.2, 0.25) is 0 Å². The summed E-state index contributed by atoms with van der Waals surface area (Å²) in [7, 11) is 0. The number of aliphatic hydroxyl groups excluding tert-OH is 3. The molecule has 27 heavy (non-hydrogen) atoms. The highest BCUT2D eigenvalue weighted by Crippen LogP contribution is 2.50. The maximum atomic E-state index is 10.8. The quantitative estimate of drug-likeness (QED) is 0.634. The Balaban J connectivity index is 1.56. The van der Waals surface area contributed by atoms with E-state index < -0.39 is 0 Å². The lowest BCUT2D eigenvalue weighted by molar-refractivity contribution is -0.0593. The van der Waals surface area contributed by atoms with Gasteiger partial charge < -0.3 is 15.3 Å². The first kappa shape index (κ1) is 21.6. The van der Waals surface area contributed by atoms with Crippen molar-refractivity contribution in [3.05, 3.63) is 0 Å². The van der Waals surface area contributed by atoms with Crippen molar-refractivity contribution in [3.63, 3.8) is 0 Å². The minimum atomic E-state index is -0.150. The van der Waals surface area contributed by atoms with E-state index in [0.717, 1.165) is 62.7 Å². The molecule has 3 saturated carbocycles. The standard InChI is InChI=1S/C24H44O3/c1-16(18-5-9-20(25)10-6-18)14-17-4-13-23(27)22(15-17)24(2,3)19-7-11-21(26)12-8-19/h16-23,25-27H,4-15H2,1-3H3. The molecule has 0 aromatic carbocycles. The lowest BCUT2D eigenvalue weighted by atomic mass is 9.58. The number of hydrogen-bond donors (Lipinski definition) is 3. The van der Waals surface area contributed by atoms with Crippen LogP contribution < -0.4 is 0 Å². The van der Waals surface area contributed by atoms with E-state index in [1.807, 2.05) is 0 Å². The number of aliphatic hydroxyl groups is 3. The second-order valence-corrected chi connectivity index (χ2v) is 11.0. The fourth-order valence-corrected chi connectivity index (χ4v) is 6.77. The molecule has 4 atom stereocenters. The largest absolute Gasteiger partial charge is 0.393 e. The lowest BCUT2D eigenvalue weighted by Crippen LogP contribution is -2.44. The summed E-state index contributed by atoms with van der Waals surface area (Å²) in [6.45, 7) is 7.20. The minimum Gasteiger partial charge on any atom is -0.393 e. The van der Waals surface area contributed by atoms with E-state index in [0.29, 0.717) is 11.8 Å². The van der Waals surface area contributed by atoms with Crippen molar-refractivity contribution in [3.8, 4) is 0 Å². The minimum absolute atomic E-state index is 0.0579. The van der Waals surface area contributed by atoms with Crippen molar-refractivity contribution >= 4 is 0 Å². The lowest BCUT2D eigenvalue weighted by Gasteiger charge is -2.49. The highest BCUT2D eigenvalue weighted by Gasteiger charge is 2.44. The third-order valence-corrected chi connectivity index (χ3v) is 8.88. The first-order valence-corrected chi connectivity index (χ1v) is 11.8. The Morgan fingerprint density at radius 1 is 0.778 bits per heavy atom. The molecule has 0 amide bonds. The second kappa shape index (κ2) is 9.13. The molecule has 0 bridgehead atoms. The summed E-state index contributed by atoms with van der Waals surface area (Å²) >= 11 is 0. The van der Waals surface area contributed by atoms with Crippen LogP contribution >= 0.6 is 0 Å². The fraction of sp³-hybridized carbons (Fsp3) is 1.00. The van der Waals surface area contributed by atoms with Gasteiger partial charge in [0.15, 0.2) is 0 Å². The summed E-state index contributed by atoms with van der Waals surface area (Å²) in [5.74, 6) is 3.31. The number of hydrogen-bond acceptors (Lipinski definition) is 3. The van der Waals surface area contributed by atoms with E-state index in [1.165, 1.54) is 32.1 Å². The van der Waals surface area contributed by atoms with Crippen molar-refractivity contribution < 1.29 is 15.3 Å². The van der Waals surface area contributed by atoms with Gasteiger partial charge in [-0.2, -0.15) is 0 Å². The average Bonchev–Trinajstić information content (AvgIpc) is 2.64. The van der Waals surface area contributed by atoms with Crippen LogP contribution in [0.25, 0.3) is 0 Å². The Hall–Kier alpha value is -0.120. The predicted molar refractivity (Wildman–Crippen MR) is 110 cm³/mol. The number of rotatable bonds is 5. The van der Waals surface area contributed by atoms with Crippen LogP contribution in [0, 0.1) is 35.0 Å². The molecule has 0 radical (unpaired) electrons. The predicted octanol–water partition coefficient (Wildman–Crippen LogP) is 4.92. The van der Waals surface area contributed by atoms with Crippen molar-refractivity contribution in [2.45, 2.75) is 116 Å². The first-order chi connectivity index (χ1) is 12.8. The van der Waals surface area contributed by atoms with Crippen LogP contribution in [0.5, 0.6) is 0 Å². The molecule has 3 N–H and O–H groups in total. The first-order valence-electron chi connectivity index (χ1n) is 11.8. The molecule has 0 saturated heterocycles. The van der Waals surface area contributed by atoms with Crippen LogP contribution in [0.4, 0.5) is 0 Å². The monoisotopic (exact) mass is 380 g/mol. The van der Waals surface area contributed by atoms with Crippen LogP contribution in [0.15, 0.2) is 0 Å². The van der Waals surface area contributed by atoms with Crippen molar-refractivity contribution in [2.24, 2.45) is 35.0 Å². The van der Waals surface area contributed by atoms with Crippen LogP contribution in [-0.2, 0) is 0 Å². The smallest absolute Gasteiger partial charge is 0.0573 e. The van der Waals surface area contributed by atoms with Gasteiger partial charge in [0, 0.05) is 0 Å². The van der Waals surface area contributed by atoms with Crippen LogP contribution in [0.3, 0.4) is 0 Å². The van der Waals surface area contributed by atoms with Gasteiger partial charge in [0.05, 0.1) is 18.3 Å². The van der Waals surface area contributed by atoms with Gasteiger partial charge in [-0.1, -0.05) is 20.8 Å². The Kier molecular flexibility index (Phi) is 7.30. The summed E-state index contributed by atoms with van der Waals surface area (Å²) in [6.07, 6.45) is 12.8. The Morgan fingerprint density at radius 2 is 1.33 bits per heavy atom. The zero-order chi connectivity index (χ0) is 19.6. The third kappa shape index (κ3) is 5.28. The molecule has 4 unspecified atom stereocenters. The molecule has 3 heteroatoms. The van der Waals surface area contributed by atoms with Gasteiger partial charge in [-0.05, 0) is 112 Å². The highest BCUT2D eigenvalue weighted by molar-refractivity contribution is 4.94. The Morgan fingerprint density at radius 3 is 1.93 bits per heavy atom. The summed E-state index contributed by atoms with van der Waals surface area (Å²) in [4.78, 5) is 0. The van der Waals surface area contributed by atoms with Gasteiger partial charge in [0.1, 0.15) is 0 Å². The second-order valence-electron chi connectivity index (χ2n) is 11.0. The molecule has 0 aromatic heterocycles.